The number of anilines is 2. The van der Waals surface area contributed by atoms with E-state index in [4.69, 9.17) is 16.3 Å². The first-order chi connectivity index (χ1) is 14.4. The summed E-state index contributed by atoms with van der Waals surface area (Å²) in [5, 5.41) is 3.48. The number of carbonyl (C=O) groups is 1. The van der Waals surface area contributed by atoms with Crippen LogP contribution in [0.5, 0.6) is 5.75 Å². The highest BCUT2D eigenvalue weighted by atomic mass is 35.5. The third-order valence-electron chi connectivity index (χ3n) is 5.36. The van der Waals surface area contributed by atoms with E-state index in [1.165, 1.54) is 6.92 Å². The van der Waals surface area contributed by atoms with Crippen LogP contribution in [0.2, 0.25) is 5.02 Å². The fourth-order valence-corrected chi connectivity index (χ4v) is 4.08. The standard InChI is InChI=1S/C22H30ClN5O2/c1-5-27(6-2)21-20(23)22(25-14-24-21)28-12-11-19(13-28)30-18-9-7-17(8-10-18)15(3)26-16(4)29/h7-10,14-15,19H,5-6,11-13H2,1-4H3,(H,26,29)/t15-,19+/m0/s1. The van der Waals surface area contributed by atoms with Crippen molar-refractivity contribution >= 4 is 29.1 Å². The van der Waals surface area contributed by atoms with E-state index >= 15 is 0 Å². The van der Waals surface area contributed by atoms with Crippen LogP contribution in [0.4, 0.5) is 11.6 Å². The summed E-state index contributed by atoms with van der Waals surface area (Å²) < 4.78 is 6.18. The van der Waals surface area contributed by atoms with E-state index in [1.54, 1.807) is 6.33 Å². The van der Waals surface area contributed by atoms with Crippen molar-refractivity contribution < 1.29 is 9.53 Å². The van der Waals surface area contributed by atoms with Gasteiger partial charge < -0.3 is 19.9 Å². The van der Waals surface area contributed by atoms with Crippen LogP contribution in [0.1, 0.15) is 45.7 Å². The zero-order valence-electron chi connectivity index (χ0n) is 18.1. The molecule has 1 aliphatic rings. The second kappa shape index (κ2) is 9.98. The molecule has 2 aromatic rings. The molecule has 30 heavy (non-hydrogen) atoms. The topological polar surface area (TPSA) is 70.6 Å². The molecule has 0 spiro atoms. The molecule has 1 fully saturated rings. The number of carbonyl (C=O) groups excluding carboxylic acids is 1. The zero-order chi connectivity index (χ0) is 21.7. The first-order valence-corrected chi connectivity index (χ1v) is 10.8. The summed E-state index contributed by atoms with van der Waals surface area (Å²) in [5.74, 6) is 2.32. The summed E-state index contributed by atoms with van der Waals surface area (Å²) in [7, 11) is 0. The van der Waals surface area contributed by atoms with Crippen LogP contribution in [-0.4, -0.2) is 48.2 Å². The van der Waals surface area contributed by atoms with E-state index in [9.17, 15) is 4.79 Å². The third kappa shape index (κ3) is 5.14. The molecule has 3 rings (SSSR count). The summed E-state index contributed by atoms with van der Waals surface area (Å²) in [6, 6.07) is 7.85. The smallest absolute Gasteiger partial charge is 0.217 e. The van der Waals surface area contributed by atoms with Gasteiger partial charge in [-0.1, -0.05) is 23.7 Å². The maximum Gasteiger partial charge on any atom is 0.217 e. The van der Waals surface area contributed by atoms with Gasteiger partial charge in [-0.2, -0.15) is 0 Å². The molecule has 1 amide bonds. The van der Waals surface area contributed by atoms with Gasteiger partial charge in [-0.15, -0.1) is 0 Å². The van der Waals surface area contributed by atoms with Crippen molar-refractivity contribution in [3.63, 3.8) is 0 Å². The van der Waals surface area contributed by atoms with Gasteiger partial charge in [0.25, 0.3) is 0 Å². The molecule has 1 aromatic carbocycles. The molecule has 0 aliphatic carbocycles. The molecule has 1 aromatic heterocycles. The van der Waals surface area contributed by atoms with Crippen molar-refractivity contribution in [2.75, 3.05) is 36.0 Å². The van der Waals surface area contributed by atoms with E-state index in [0.717, 1.165) is 55.5 Å². The van der Waals surface area contributed by atoms with Crippen LogP contribution in [0.3, 0.4) is 0 Å². The number of aromatic nitrogens is 2. The SMILES string of the molecule is CCN(CC)c1ncnc(N2CC[C@@H](Oc3ccc([C@H](C)NC(C)=O)cc3)C2)c1Cl. The minimum absolute atomic E-state index is 0.0292. The Hall–Kier alpha value is -2.54. The second-order valence-electron chi connectivity index (χ2n) is 7.47. The Labute approximate surface area is 183 Å². The van der Waals surface area contributed by atoms with Crippen molar-refractivity contribution in [2.24, 2.45) is 0 Å². The van der Waals surface area contributed by atoms with Gasteiger partial charge in [0, 0.05) is 33.0 Å². The normalized spacial score (nSPS) is 17.0. The maximum atomic E-state index is 11.2. The van der Waals surface area contributed by atoms with E-state index in [2.05, 4.69) is 38.9 Å². The van der Waals surface area contributed by atoms with E-state index in [0.29, 0.717) is 5.02 Å². The molecule has 1 saturated heterocycles. The summed E-state index contributed by atoms with van der Waals surface area (Å²) in [5.41, 5.74) is 1.04. The lowest BCUT2D eigenvalue weighted by molar-refractivity contribution is -0.119. The monoisotopic (exact) mass is 431 g/mol. The molecule has 1 N–H and O–H groups in total. The average molecular weight is 432 g/mol. The number of halogens is 1. The number of amides is 1. The van der Waals surface area contributed by atoms with Crippen LogP contribution >= 0.6 is 11.6 Å². The number of hydrogen-bond acceptors (Lipinski definition) is 6. The predicted octanol–water partition coefficient (Wildman–Crippen LogP) is 3.83. The predicted molar refractivity (Wildman–Crippen MR) is 121 cm³/mol. The van der Waals surface area contributed by atoms with Crippen LogP contribution in [-0.2, 0) is 4.79 Å². The minimum atomic E-state index is -0.0404. The van der Waals surface area contributed by atoms with Gasteiger partial charge in [0.15, 0.2) is 11.6 Å². The van der Waals surface area contributed by atoms with Crippen molar-refractivity contribution in [2.45, 2.75) is 46.3 Å². The molecule has 162 valence electrons. The Bertz CT molecular complexity index is 857. The van der Waals surface area contributed by atoms with Gasteiger partial charge in [-0.3, -0.25) is 4.79 Å². The fraction of sp³-hybridized carbons (Fsp3) is 0.500. The number of benzene rings is 1. The second-order valence-corrected chi connectivity index (χ2v) is 7.85. The van der Waals surface area contributed by atoms with Crippen molar-refractivity contribution in [3.8, 4) is 5.75 Å². The van der Waals surface area contributed by atoms with Crippen molar-refractivity contribution in [1.82, 2.24) is 15.3 Å². The quantitative estimate of drug-likeness (QED) is 0.684. The Morgan fingerprint density at radius 2 is 2.00 bits per heavy atom. The Balaban J connectivity index is 1.64. The van der Waals surface area contributed by atoms with Gasteiger partial charge in [0.05, 0.1) is 12.6 Å². The highest BCUT2D eigenvalue weighted by molar-refractivity contribution is 6.35. The lowest BCUT2D eigenvalue weighted by Crippen LogP contribution is -2.27. The molecule has 2 atom stereocenters. The first-order valence-electron chi connectivity index (χ1n) is 10.5. The molecule has 7 nitrogen and oxygen atoms in total. The van der Waals surface area contributed by atoms with Crippen LogP contribution in [0.25, 0.3) is 0 Å². The van der Waals surface area contributed by atoms with Gasteiger partial charge in [-0.25, -0.2) is 9.97 Å². The zero-order valence-corrected chi connectivity index (χ0v) is 18.8. The van der Waals surface area contributed by atoms with Crippen LogP contribution < -0.4 is 19.9 Å². The van der Waals surface area contributed by atoms with Crippen molar-refractivity contribution in [1.29, 1.82) is 0 Å². The van der Waals surface area contributed by atoms with Crippen molar-refractivity contribution in [3.05, 3.63) is 41.2 Å². The van der Waals surface area contributed by atoms with Crippen LogP contribution in [0.15, 0.2) is 30.6 Å². The van der Waals surface area contributed by atoms with Gasteiger partial charge >= 0.3 is 0 Å². The maximum absolute atomic E-state index is 11.2. The molecule has 2 heterocycles. The molecule has 0 unspecified atom stereocenters. The number of ether oxygens (including phenoxy) is 1. The largest absolute Gasteiger partial charge is 0.489 e. The van der Waals surface area contributed by atoms with Gasteiger partial charge in [0.1, 0.15) is 23.2 Å². The Morgan fingerprint density at radius 3 is 2.63 bits per heavy atom. The van der Waals surface area contributed by atoms with E-state index < -0.39 is 0 Å². The molecular weight excluding hydrogens is 402 g/mol. The summed E-state index contributed by atoms with van der Waals surface area (Å²) in [6.45, 7) is 10.9. The molecule has 0 radical (unpaired) electrons. The average Bonchev–Trinajstić information content (AvgIpc) is 3.18. The summed E-state index contributed by atoms with van der Waals surface area (Å²) >= 11 is 6.65. The molecular formula is C22H30ClN5O2. The first kappa shape index (κ1) is 22.2. The minimum Gasteiger partial charge on any atom is -0.489 e. The van der Waals surface area contributed by atoms with Gasteiger partial charge in [-0.05, 0) is 38.5 Å². The molecule has 0 saturated carbocycles. The number of nitrogens with zero attached hydrogens (tertiary/aromatic N) is 4. The molecule has 0 bridgehead atoms. The fourth-order valence-electron chi connectivity index (χ4n) is 3.75. The van der Waals surface area contributed by atoms with E-state index in [1.807, 2.05) is 31.2 Å². The summed E-state index contributed by atoms with van der Waals surface area (Å²) in [6.07, 6.45) is 2.54. The Morgan fingerprint density at radius 1 is 1.30 bits per heavy atom. The number of nitrogens with one attached hydrogen (secondary N) is 1. The number of hydrogen-bond donors (Lipinski definition) is 1. The lowest BCUT2D eigenvalue weighted by Gasteiger charge is -2.24. The summed E-state index contributed by atoms with van der Waals surface area (Å²) in [4.78, 5) is 24.3. The highest BCUT2D eigenvalue weighted by Gasteiger charge is 2.28. The van der Waals surface area contributed by atoms with Crippen LogP contribution in [0, 0.1) is 0 Å². The molecule has 1 aliphatic heterocycles. The van der Waals surface area contributed by atoms with Gasteiger partial charge in [0.2, 0.25) is 5.91 Å². The Kier molecular flexibility index (Phi) is 7.37. The third-order valence-corrected chi connectivity index (χ3v) is 5.70. The lowest BCUT2D eigenvalue weighted by atomic mass is 10.1. The van der Waals surface area contributed by atoms with E-state index in [-0.39, 0.29) is 18.1 Å². The highest BCUT2D eigenvalue weighted by Crippen LogP contribution is 2.33. The number of rotatable bonds is 8. The molecule has 8 heteroatoms.